The third-order valence-electron chi connectivity index (χ3n) is 3.11. The molecule has 9 nitrogen and oxygen atoms in total. The lowest BCUT2D eigenvalue weighted by molar-refractivity contribution is -0.384. The maximum Gasteiger partial charge on any atom is 0.546 e. The Hall–Kier alpha value is -3.33. The number of benzene rings is 2. The minimum Gasteiger partial charge on any atom is -0.496 e. The summed E-state index contributed by atoms with van der Waals surface area (Å²) >= 11 is 0. The maximum absolute atomic E-state index is 11.6. The van der Waals surface area contributed by atoms with Gasteiger partial charge in [-0.25, -0.2) is 4.79 Å². The average Bonchev–Trinajstić information content (AvgIpc) is 2.62. The van der Waals surface area contributed by atoms with Crippen molar-refractivity contribution in [3.63, 3.8) is 0 Å². The molecule has 0 aliphatic carbocycles. The van der Waals surface area contributed by atoms with Crippen molar-refractivity contribution in [2.24, 2.45) is 0 Å². The van der Waals surface area contributed by atoms with E-state index in [1.165, 1.54) is 38.5 Å². The number of hydrogen-bond acceptors (Lipinski definition) is 8. The number of nitrogens with zero attached hydrogens (tertiary/aromatic N) is 1. The second kappa shape index (κ2) is 8.50. The summed E-state index contributed by atoms with van der Waals surface area (Å²) in [6.07, 6.45) is -1.12. The topological polar surface area (TPSA) is 106 Å². The van der Waals surface area contributed by atoms with Gasteiger partial charge in [-0.1, -0.05) is 6.07 Å². The van der Waals surface area contributed by atoms with Crippen LogP contribution in [0.2, 0.25) is 0 Å². The molecule has 0 aliphatic rings. The first-order valence-electron chi connectivity index (χ1n) is 7.00. The molecule has 2 rings (SSSR count). The van der Waals surface area contributed by atoms with E-state index in [2.05, 4.69) is 4.89 Å². The number of hydrogen-bond donors (Lipinski definition) is 0. The Morgan fingerprint density at radius 1 is 1.04 bits per heavy atom. The quantitative estimate of drug-likeness (QED) is 0.246. The van der Waals surface area contributed by atoms with E-state index in [4.69, 9.17) is 19.1 Å². The largest absolute Gasteiger partial charge is 0.546 e. The second-order valence-electron chi connectivity index (χ2n) is 4.59. The van der Waals surface area contributed by atoms with Crippen molar-refractivity contribution >= 4 is 11.8 Å². The van der Waals surface area contributed by atoms with Crippen molar-refractivity contribution in [3.8, 4) is 17.2 Å². The fourth-order valence-corrected chi connectivity index (χ4v) is 1.96. The van der Waals surface area contributed by atoms with Crippen LogP contribution in [0, 0.1) is 10.1 Å². The van der Waals surface area contributed by atoms with E-state index in [1.807, 2.05) is 0 Å². The molecule has 0 saturated carbocycles. The molecular formula is C16H15NO8. The zero-order chi connectivity index (χ0) is 18.2. The van der Waals surface area contributed by atoms with Crippen LogP contribution in [0.1, 0.15) is 5.56 Å². The van der Waals surface area contributed by atoms with E-state index >= 15 is 0 Å². The van der Waals surface area contributed by atoms with Gasteiger partial charge >= 0.3 is 6.16 Å². The molecule has 0 atom stereocenters. The summed E-state index contributed by atoms with van der Waals surface area (Å²) in [5.74, 6) is 1.09. The molecule has 0 unspecified atom stereocenters. The second-order valence-corrected chi connectivity index (χ2v) is 4.59. The SMILES string of the molecule is COc1cccc(OC)c1COOC(=O)Oc1ccc([N+](=O)[O-])cc1. The van der Waals surface area contributed by atoms with Gasteiger partial charge in [-0.2, -0.15) is 4.89 Å². The summed E-state index contributed by atoms with van der Waals surface area (Å²) in [6, 6.07) is 10.1. The number of nitro benzene ring substituents is 1. The van der Waals surface area contributed by atoms with Gasteiger partial charge in [0, 0.05) is 12.1 Å². The number of rotatable bonds is 7. The summed E-state index contributed by atoms with van der Waals surface area (Å²) < 4.78 is 15.2. The lowest BCUT2D eigenvalue weighted by Gasteiger charge is -2.12. The zero-order valence-corrected chi connectivity index (χ0v) is 13.5. The van der Waals surface area contributed by atoms with Crippen LogP contribution < -0.4 is 14.2 Å². The predicted octanol–water partition coefficient (Wildman–Crippen LogP) is 3.26. The average molecular weight is 349 g/mol. The summed E-state index contributed by atoms with van der Waals surface area (Å²) in [5, 5.41) is 10.5. The highest BCUT2D eigenvalue weighted by Crippen LogP contribution is 2.29. The first-order valence-corrected chi connectivity index (χ1v) is 7.00. The number of nitro groups is 1. The van der Waals surface area contributed by atoms with Crippen molar-refractivity contribution in [3.05, 3.63) is 58.1 Å². The molecule has 2 aromatic carbocycles. The van der Waals surface area contributed by atoms with E-state index in [9.17, 15) is 14.9 Å². The number of carbonyl (C=O) groups is 1. The van der Waals surface area contributed by atoms with Crippen LogP contribution in [0.5, 0.6) is 17.2 Å². The molecule has 0 spiro atoms. The Kier molecular flexibility index (Phi) is 6.13. The minimum absolute atomic E-state index is 0.0778. The lowest BCUT2D eigenvalue weighted by Crippen LogP contribution is -2.11. The highest BCUT2D eigenvalue weighted by Gasteiger charge is 2.14. The van der Waals surface area contributed by atoms with Gasteiger partial charge < -0.3 is 14.2 Å². The normalized spacial score (nSPS) is 10.0. The predicted molar refractivity (Wildman–Crippen MR) is 84.5 cm³/mol. The molecule has 9 heteroatoms. The van der Waals surface area contributed by atoms with Gasteiger partial charge in [-0.3, -0.25) is 15.0 Å². The van der Waals surface area contributed by atoms with Crippen molar-refractivity contribution in [2.45, 2.75) is 6.61 Å². The standard InChI is InChI=1S/C16H15NO8/c1-21-14-4-3-5-15(22-2)13(14)10-23-25-16(18)24-12-8-6-11(7-9-12)17(19)20/h3-9H,10H2,1-2H3. The Labute approximate surface area is 142 Å². The van der Waals surface area contributed by atoms with Crippen molar-refractivity contribution in [1.82, 2.24) is 0 Å². The van der Waals surface area contributed by atoms with E-state index in [0.29, 0.717) is 17.1 Å². The zero-order valence-electron chi connectivity index (χ0n) is 13.5. The summed E-state index contributed by atoms with van der Waals surface area (Å²) in [5.41, 5.74) is 0.427. The van der Waals surface area contributed by atoms with E-state index in [0.717, 1.165) is 0 Å². The van der Waals surface area contributed by atoms with Gasteiger partial charge in [-0.15, -0.1) is 0 Å². The first-order chi connectivity index (χ1) is 12.0. The van der Waals surface area contributed by atoms with Gasteiger partial charge in [0.05, 0.1) is 24.7 Å². The number of carbonyl (C=O) groups excluding carboxylic acids is 1. The molecule has 0 saturated heterocycles. The van der Waals surface area contributed by atoms with Crippen molar-refractivity contribution < 1.29 is 33.7 Å². The number of non-ortho nitro benzene ring substituents is 1. The molecule has 0 aromatic heterocycles. The molecule has 132 valence electrons. The van der Waals surface area contributed by atoms with Crippen LogP contribution in [-0.2, 0) is 16.4 Å². The third kappa shape index (κ3) is 4.82. The minimum atomic E-state index is -1.12. The molecule has 0 heterocycles. The summed E-state index contributed by atoms with van der Waals surface area (Å²) in [6.45, 7) is -0.122. The van der Waals surface area contributed by atoms with Crippen molar-refractivity contribution in [2.75, 3.05) is 14.2 Å². The van der Waals surface area contributed by atoms with Crippen LogP contribution in [0.4, 0.5) is 10.5 Å². The van der Waals surface area contributed by atoms with Crippen LogP contribution in [0.15, 0.2) is 42.5 Å². The van der Waals surface area contributed by atoms with Gasteiger partial charge in [0.1, 0.15) is 23.9 Å². The third-order valence-corrected chi connectivity index (χ3v) is 3.11. The van der Waals surface area contributed by atoms with E-state index < -0.39 is 11.1 Å². The van der Waals surface area contributed by atoms with Crippen LogP contribution >= 0.6 is 0 Å². The Balaban J connectivity index is 1.89. The number of methoxy groups -OCH3 is 2. The van der Waals surface area contributed by atoms with Crippen LogP contribution in [0.3, 0.4) is 0 Å². The van der Waals surface area contributed by atoms with Gasteiger partial charge in [0.15, 0.2) is 0 Å². The molecule has 0 bridgehead atoms. The molecule has 25 heavy (non-hydrogen) atoms. The fourth-order valence-electron chi connectivity index (χ4n) is 1.96. The van der Waals surface area contributed by atoms with Crippen molar-refractivity contribution in [1.29, 1.82) is 0 Å². The summed E-state index contributed by atoms with van der Waals surface area (Å²) in [4.78, 5) is 30.9. The molecule has 2 aromatic rings. The molecule has 0 aliphatic heterocycles. The smallest absolute Gasteiger partial charge is 0.496 e. The fraction of sp³-hybridized carbons (Fsp3) is 0.188. The van der Waals surface area contributed by atoms with E-state index in [1.54, 1.807) is 18.2 Å². The number of ether oxygens (including phenoxy) is 3. The van der Waals surface area contributed by atoms with E-state index in [-0.39, 0.29) is 18.0 Å². The van der Waals surface area contributed by atoms with Gasteiger partial charge in [0.25, 0.3) is 5.69 Å². The van der Waals surface area contributed by atoms with Crippen LogP contribution in [-0.4, -0.2) is 25.3 Å². The highest BCUT2D eigenvalue weighted by atomic mass is 17.2. The van der Waals surface area contributed by atoms with Gasteiger partial charge in [0.2, 0.25) is 0 Å². The summed E-state index contributed by atoms with van der Waals surface area (Å²) in [7, 11) is 2.98. The Bertz CT molecular complexity index is 722. The molecule has 0 amide bonds. The molecular weight excluding hydrogens is 334 g/mol. The molecule has 0 N–H and O–H groups in total. The molecule has 0 fully saturated rings. The maximum atomic E-state index is 11.6. The Morgan fingerprint density at radius 3 is 2.16 bits per heavy atom. The van der Waals surface area contributed by atoms with Crippen LogP contribution in [0.25, 0.3) is 0 Å². The highest BCUT2D eigenvalue weighted by molar-refractivity contribution is 5.63. The van der Waals surface area contributed by atoms with Gasteiger partial charge in [-0.05, 0) is 24.3 Å². The Morgan fingerprint density at radius 2 is 1.64 bits per heavy atom. The first kappa shape index (κ1) is 18.0. The molecule has 0 radical (unpaired) electrons. The monoisotopic (exact) mass is 349 g/mol. The lowest BCUT2D eigenvalue weighted by atomic mass is 10.2.